The second-order valence-corrected chi connectivity index (χ2v) is 11.4. The summed E-state index contributed by atoms with van der Waals surface area (Å²) >= 11 is 5.06. The van der Waals surface area contributed by atoms with Crippen molar-refractivity contribution in [3.8, 4) is 0 Å². The van der Waals surface area contributed by atoms with Crippen LogP contribution < -0.4 is 17.2 Å². The van der Waals surface area contributed by atoms with E-state index in [0.717, 1.165) is 0 Å². The zero-order valence-corrected chi connectivity index (χ0v) is 20.9. The second-order valence-electron chi connectivity index (χ2n) is 8.55. The molecule has 18 heteroatoms. The molecular weight excluding hydrogens is 531 g/mol. The summed E-state index contributed by atoms with van der Waals surface area (Å²) in [6.07, 6.45) is -0.498. The molecule has 0 spiro atoms. The fourth-order valence-corrected chi connectivity index (χ4v) is 5.28. The fraction of sp³-hybridized carbons (Fsp3) is 0.526. The highest BCUT2D eigenvalue weighted by atomic mass is 32.5. The lowest BCUT2D eigenvalue weighted by Crippen LogP contribution is -2.29. The molecule has 0 radical (unpaired) electrons. The molecule has 3 aromatic rings. The minimum absolute atomic E-state index is 0.0671. The number of hydrogen-bond donors (Lipinski definition) is 5. The third kappa shape index (κ3) is 5.50. The van der Waals surface area contributed by atoms with Gasteiger partial charge in [-0.15, -0.1) is 0 Å². The summed E-state index contributed by atoms with van der Waals surface area (Å²) in [6.45, 7) is -4.33. The summed E-state index contributed by atoms with van der Waals surface area (Å²) in [5, 5.41) is 20.8. The Morgan fingerprint density at radius 1 is 1.05 bits per heavy atom. The van der Waals surface area contributed by atoms with Gasteiger partial charge in [-0.05, 0) is 17.9 Å². The Bertz CT molecular complexity index is 1390. The first kappa shape index (κ1) is 26.0. The van der Waals surface area contributed by atoms with Crippen LogP contribution in [0, 0.1) is 0 Å². The van der Waals surface area contributed by atoms with Gasteiger partial charge in [0, 0.05) is 19.0 Å². The van der Waals surface area contributed by atoms with Gasteiger partial charge in [0.1, 0.15) is 42.3 Å². The summed E-state index contributed by atoms with van der Waals surface area (Å²) in [6, 6.07) is 1.44. The Balaban J connectivity index is 1.14. The first-order chi connectivity index (χ1) is 17.6. The number of aliphatic hydroxyl groups is 2. The van der Waals surface area contributed by atoms with E-state index >= 15 is 0 Å². The van der Waals surface area contributed by atoms with Gasteiger partial charge in [0.25, 0.3) is 0 Å². The van der Waals surface area contributed by atoms with Crippen molar-refractivity contribution < 1.29 is 33.6 Å². The Kier molecular flexibility index (Phi) is 7.23. The van der Waals surface area contributed by atoms with Gasteiger partial charge in [-0.3, -0.25) is 9.13 Å². The van der Waals surface area contributed by atoms with Crippen LogP contribution in [0.3, 0.4) is 0 Å². The molecule has 0 amide bonds. The summed E-state index contributed by atoms with van der Waals surface area (Å²) in [5.41, 5.74) is 11.6. The number of nitrogen functional groups attached to an aromatic ring is 2. The average molecular weight is 556 g/mol. The largest absolute Gasteiger partial charge is 0.390 e. The van der Waals surface area contributed by atoms with Crippen molar-refractivity contribution in [2.24, 2.45) is 0 Å². The van der Waals surface area contributed by atoms with Crippen molar-refractivity contribution in [1.82, 2.24) is 29.1 Å². The van der Waals surface area contributed by atoms with Crippen molar-refractivity contribution >= 4 is 41.3 Å². The molecule has 0 aromatic carbocycles. The molecule has 2 fully saturated rings. The highest BCUT2D eigenvalue weighted by molar-refractivity contribution is 8.07. The van der Waals surface area contributed by atoms with Crippen molar-refractivity contribution in [2.45, 2.75) is 49.7 Å². The predicted octanol–water partition coefficient (Wildman–Crippen LogP) is -1.21. The number of aromatic nitrogens is 6. The number of hydrogen-bond acceptors (Lipinski definition) is 14. The van der Waals surface area contributed by atoms with E-state index < -0.39 is 49.3 Å². The molecule has 0 aliphatic carbocycles. The molecule has 5 rings (SSSR count). The van der Waals surface area contributed by atoms with Gasteiger partial charge in [0.2, 0.25) is 0 Å². The van der Waals surface area contributed by atoms with E-state index in [9.17, 15) is 19.9 Å². The molecule has 0 saturated carbocycles. The number of nitrogens with zero attached hydrogens (tertiary/aromatic N) is 6. The Hall–Kier alpha value is -2.60. The Morgan fingerprint density at radius 3 is 2.30 bits per heavy atom. The van der Waals surface area contributed by atoms with E-state index in [0.29, 0.717) is 11.2 Å². The van der Waals surface area contributed by atoms with Gasteiger partial charge in [-0.2, -0.15) is 4.98 Å². The summed E-state index contributed by atoms with van der Waals surface area (Å²) in [7, 11) is 0. The number of ether oxygens (including phenoxy) is 2. The molecule has 2 saturated heterocycles. The van der Waals surface area contributed by atoms with Crippen LogP contribution in [0.1, 0.15) is 25.3 Å². The molecular formula is C19H25N8O8PS. The van der Waals surface area contributed by atoms with Crippen LogP contribution in [-0.2, 0) is 30.3 Å². The molecule has 0 bridgehead atoms. The van der Waals surface area contributed by atoms with Crippen LogP contribution in [0.15, 0.2) is 29.7 Å². The fourth-order valence-electron chi connectivity index (χ4n) is 4.17. The number of anilines is 2. The van der Waals surface area contributed by atoms with Crippen LogP contribution in [0.2, 0.25) is 0 Å². The van der Waals surface area contributed by atoms with Crippen molar-refractivity contribution in [3.63, 3.8) is 0 Å². The lowest BCUT2D eigenvalue weighted by molar-refractivity contribution is -0.0525. The van der Waals surface area contributed by atoms with Crippen LogP contribution in [0.5, 0.6) is 0 Å². The average Bonchev–Trinajstić information content (AvgIpc) is 3.53. The van der Waals surface area contributed by atoms with Crippen LogP contribution in [0.25, 0.3) is 11.2 Å². The lowest BCUT2D eigenvalue weighted by Gasteiger charge is -2.22. The highest BCUT2D eigenvalue weighted by Gasteiger charge is 2.39. The topological polar surface area (TPSA) is 228 Å². The van der Waals surface area contributed by atoms with Gasteiger partial charge in [-0.1, -0.05) is 0 Å². The highest BCUT2D eigenvalue weighted by Crippen LogP contribution is 2.46. The first-order valence-corrected chi connectivity index (χ1v) is 13.8. The summed E-state index contributed by atoms with van der Waals surface area (Å²) < 4.78 is 25.1. The zero-order valence-electron chi connectivity index (χ0n) is 19.2. The SMILES string of the molecule is Nc1ccn([C@H]2C[C@H](O)[C@@H](COP(O)(=S)OC[C@H]3O[C@@H](n4cnc5c(N)ncnc54)C[C@@H]3O)O2)c(=O)n1. The molecule has 1 unspecified atom stereocenters. The molecule has 5 heterocycles. The molecule has 200 valence electrons. The number of nitrogens with two attached hydrogens (primary N) is 2. The number of imidazole rings is 1. The Labute approximate surface area is 214 Å². The minimum Gasteiger partial charge on any atom is -0.390 e. The second kappa shape index (κ2) is 10.3. The maximum atomic E-state index is 12.0. The standard InChI is InChI=1S/C19H25N8O8PS/c20-13-1-2-26(19(30)25-13)14-3-9(28)11(34-14)5-32-36(31,37)33-6-12-10(29)4-15(35-12)27-8-24-16-17(21)22-7-23-18(16)27/h1-2,7-12,14-15,28-29H,3-6H2,(H,31,37)(H2,20,25,30)(H2,21,22,23)/t9-,10-,11+,12+,14+,15+,36?/m0/s1. The molecule has 37 heavy (non-hydrogen) atoms. The molecule has 7 N–H and O–H groups in total. The van der Waals surface area contributed by atoms with Crippen molar-refractivity contribution in [1.29, 1.82) is 0 Å². The molecule has 2 aliphatic rings. The predicted molar refractivity (Wildman–Crippen MR) is 130 cm³/mol. The van der Waals surface area contributed by atoms with E-state index in [1.54, 1.807) is 4.57 Å². The van der Waals surface area contributed by atoms with Gasteiger partial charge < -0.3 is 45.1 Å². The van der Waals surface area contributed by atoms with Crippen molar-refractivity contribution in [3.05, 3.63) is 35.4 Å². The molecule has 2 aliphatic heterocycles. The third-order valence-electron chi connectivity index (χ3n) is 6.07. The summed E-state index contributed by atoms with van der Waals surface area (Å²) in [4.78, 5) is 38.4. The number of aliphatic hydroxyl groups excluding tert-OH is 2. The van der Waals surface area contributed by atoms with Gasteiger partial charge >= 0.3 is 12.4 Å². The van der Waals surface area contributed by atoms with E-state index in [1.165, 1.54) is 29.5 Å². The molecule has 16 nitrogen and oxygen atoms in total. The molecule has 7 atom stereocenters. The summed E-state index contributed by atoms with van der Waals surface area (Å²) in [5.74, 6) is 0.290. The maximum Gasteiger partial charge on any atom is 0.351 e. The maximum absolute atomic E-state index is 12.0. The minimum atomic E-state index is -3.79. The third-order valence-corrected chi connectivity index (χ3v) is 7.65. The van der Waals surface area contributed by atoms with Crippen molar-refractivity contribution in [2.75, 3.05) is 24.7 Å². The van der Waals surface area contributed by atoms with Gasteiger partial charge in [0.05, 0.1) is 31.7 Å². The van der Waals surface area contributed by atoms with E-state index in [4.69, 9.17) is 41.8 Å². The van der Waals surface area contributed by atoms with Crippen LogP contribution >= 0.6 is 6.72 Å². The lowest BCUT2D eigenvalue weighted by atomic mass is 10.2. The van der Waals surface area contributed by atoms with E-state index in [2.05, 4.69) is 19.9 Å². The van der Waals surface area contributed by atoms with Crippen LogP contribution in [-0.4, -0.2) is 81.8 Å². The quantitative estimate of drug-likeness (QED) is 0.205. The number of rotatable bonds is 8. The van der Waals surface area contributed by atoms with Gasteiger partial charge in [0.15, 0.2) is 11.5 Å². The van der Waals surface area contributed by atoms with Gasteiger partial charge in [-0.25, -0.2) is 19.7 Å². The van der Waals surface area contributed by atoms with Crippen LogP contribution in [0.4, 0.5) is 11.6 Å². The smallest absolute Gasteiger partial charge is 0.351 e. The first-order valence-electron chi connectivity index (χ1n) is 11.2. The molecule has 3 aromatic heterocycles. The number of fused-ring (bicyclic) bond motifs is 1. The normalized spacial score (nSPS) is 29.6. The monoisotopic (exact) mass is 556 g/mol. The van der Waals surface area contributed by atoms with E-state index in [-0.39, 0.29) is 37.7 Å². The zero-order chi connectivity index (χ0) is 26.3. The van der Waals surface area contributed by atoms with E-state index in [1.807, 2.05) is 0 Å². The Morgan fingerprint density at radius 2 is 1.68 bits per heavy atom.